The van der Waals surface area contributed by atoms with Gasteiger partial charge in [-0.05, 0) is 25.8 Å². The molecule has 0 aromatic carbocycles. The molecule has 0 aliphatic carbocycles. The van der Waals surface area contributed by atoms with Gasteiger partial charge in [0, 0.05) is 24.3 Å². The molecule has 1 saturated heterocycles. The zero-order chi connectivity index (χ0) is 9.97. The highest BCUT2D eigenvalue weighted by molar-refractivity contribution is 5.76. The number of carbonyl (C=O) groups is 1. The molecule has 14 heavy (non-hydrogen) atoms. The van der Waals surface area contributed by atoms with E-state index in [1.165, 1.54) is 12.8 Å². The second-order valence-electron chi connectivity index (χ2n) is 3.78. The van der Waals surface area contributed by atoms with Crippen molar-refractivity contribution in [3.63, 3.8) is 0 Å². The van der Waals surface area contributed by atoms with Crippen LogP contribution in [0.2, 0.25) is 0 Å². The van der Waals surface area contributed by atoms with Crippen molar-refractivity contribution in [2.75, 3.05) is 11.4 Å². The standard InChI is InChI=1S/C11H14N2O/c1-9-3-2-4-13(9)11-5-10(8-14)6-12-7-11/h5-9H,2-4H2,1H3. The van der Waals surface area contributed by atoms with E-state index in [0.717, 1.165) is 18.5 Å². The number of hydrogen-bond donors (Lipinski definition) is 0. The SMILES string of the molecule is CC1CCCN1c1cncc(C=O)c1. The van der Waals surface area contributed by atoms with Gasteiger partial charge in [0.2, 0.25) is 0 Å². The van der Waals surface area contributed by atoms with E-state index in [0.29, 0.717) is 11.6 Å². The first-order valence-electron chi connectivity index (χ1n) is 4.98. The van der Waals surface area contributed by atoms with Crippen molar-refractivity contribution in [2.45, 2.75) is 25.8 Å². The van der Waals surface area contributed by atoms with Crippen LogP contribution in [0.5, 0.6) is 0 Å². The first-order valence-corrected chi connectivity index (χ1v) is 4.98. The van der Waals surface area contributed by atoms with Crippen LogP contribution in [0.3, 0.4) is 0 Å². The highest BCUT2D eigenvalue weighted by Crippen LogP contribution is 2.24. The van der Waals surface area contributed by atoms with Gasteiger partial charge in [-0.15, -0.1) is 0 Å². The fourth-order valence-corrected chi connectivity index (χ4v) is 1.98. The van der Waals surface area contributed by atoms with Crippen LogP contribution in [0, 0.1) is 0 Å². The Bertz CT molecular complexity index is 338. The van der Waals surface area contributed by atoms with Crippen LogP contribution < -0.4 is 4.90 Å². The maximum Gasteiger partial charge on any atom is 0.151 e. The van der Waals surface area contributed by atoms with Crippen LogP contribution >= 0.6 is 0 Å². The molecule has 74 valence electrons. The molecule has 3 heteroatoms. The Hall–Kier alpha value is -1.38. The van der Waals surface area contributed by atoms with Crippen LogP contribution in [0.1, 0.15) is 30.1 Å². The predicted octanol–water partition coefficient (Wildman–Crippen LogP) is 1.88. The maximum atomic E-state index is 10.6. The Balaban J connectivity index is 2.26. The van der Waals surface area contributed by atoms with Gasteiger partial charge in [0.05, 0.1) is 11.9 Å². The van der Waals surface area contributed by atoms with E-state index >= 15 is 0 Å². The Morgan fingerprint density at radius 3 is 3.07 bits per heavy atom. The van der Waals surface area contributed by atoms with E-state index in [9.17, 15) is 4.79 Å². The third kappa shape index (κ3) is 1.62. The van der Waals surface area contributed by atoms with E-state index in [2.05, 4.69) is 16.8 Å². The molecule has 1 aliphatic rings. The Kier molecular flexibility index (Phi) is 2.48. The first kappa shape index (κ1) is 9.19. The number of aldehydes is 1. The van der Waals surface area contributed by atoms with Crippen molar-refractivity contribution in [3.8, 4) is 0 Å². The largest absolute Gasteiger partial charge is 0.368 e. The number of hydrogen-bond acceptors (Lipinski definition) is 3. The second kappa shape index (κ2) is 3.78. The lowest BCUT2D eigenvalue weighted by molar-refractivity contribution is 0.112. The molecule has 0 amide bonds. The lowest BCUT2D eigenvalue weighted by atomic mass is 10.2. The molecule has 1 unspecified atom stereocenters. The van der Waals surface area contributed by atoms with Gasteiger partial charge in [-0.2, -0.15) is 0 Å². The van der Waals surface area contributed by atoms with Crippen molar-refractivity contribution < 1.29 is 4.79 Å². The average Bonchev–Trinajstić information content (AvgIpc) is 2.65. The van der Waals surface area contributed by atoms with Crippen molar-refractivity contribution >= 4 is 12.0 Å². The van der Waals surface area contributed by atoms with Crippen molar-refractivity contribution in [1.82, 2.24) is 4.98 Å². The van der Waals surface area contributed by atoms with Crippen LogP contribution in [-0.2, 0) is 0 Å². The first-order chi connectivity index (χ1) is 6.81. The number of anilines is 1. The Morgan fingerprint density at radius 2 is 2.43 bits per heavy atom. The monoisotopic (exact) mass is 190 g/mol. The molecule has 0 spiro atoms. The lowest BCUT2D eigenvalue weighted by Crippen LogP contribution is -2.26. The van der Waals surface area contributed by atoms with Crippen LogP contribution in [0.4, 0.5) is 5.69 Å². The smallest absolute Gasteiger partial charge is 0.151 e. The molecule has 0 bridgehead atoms. The highest BCUT2D eigenvalue weighted by atomic mass is 16.1. The molecule has 1 atom stereocenters. The van der Waals surface area contributed by atoms with Gasteiger partial charge < -0.3 is 4.90 Å². The molecule has 1 aromatic rings. The van der Waals surface area contributed by atoms with E-state index in [4.69, 9.17) is 0 Å². The quantitative estimate of drug-likeness (QED) is 0.668. The number of aromatic nitrogens is 1. The summed E-state index contributed by atoms with van der Waals surface area (Å²) in [5.41, 5.74) is 1.72. The van der Waals surface area contributed by atoms with Gasteiger partial charge in [-0.25, -0.2) is 0 Å². The van der Waals surface area contributed by atoms with E-state index in [1.54, 1.807) is 6.20 Å². The molecular formula is C11H14N2O. The molecule has 2 rings (SSSR count). The molecule has 0 radical (unpaired) electrons. The zero-order valence-corrected chi connectivity index (χ0v) is 8.31. The Labute approximate surface area is 83.8 Å². The normalized spacial score (nSPS) is 21.2. The summed E-state index contributed by atoms with van der Waals surface area (Å²) < 4.78 is 0. The van der Waals surface area contributed by atoms with Gasteiger partial charge in [0.15, 0.2) is 6.29 Å². The molecule has 3 nitrogen and oxygen atoms in total. The lowest BCUT2D eigenvalue weighted by Gasteiger charge is -2.23. The fraction of sp³-hybridized carbons (Fsp3) is 0.455. The molecule has 2 heterocycles. The highest BCUT2D eigenvalue weighted by Gasteiger charge is 2.20. The van der Waals surface area contributed by atoms with Gasteiger partial charge in [0.1, 0.15) is 0 Å². The molecule has 0 saturated carbocycles. The summed E-state index contributed by atoms with van der Waals surface area (Å²) in [4.78, 5) is 17.0. The summed E-state index contributed by atoms with van der Waals surface area (Å²) in [6.07, 6.45) is 6.72. The average molecular weight is 190 g/mol. The summed E-state index contributed by atoms with van der Waals surface area (Å²) in [5, 5.41) is 0. The van der Waals surface area contributed by atoms with E-state index in [-0.39, 0.29) is 0 Å². The fourth-order valence-electron chi connectivity index (χ4n) is 1.98. The summed E-state index contributed by atoms with van der Waals surface area (Å²) >= 11 is 0. The number of rotatable bonds is 2. The molecule has 1 aromatic heterocycles. The van der Waals surface area contributed by atoms with Gasteiger partial charge >= 0.3 is 0 Å². The number of nitrogens with zero attached hydrogens (tertiary/aromatic N) is 2. The minimum absolute atomic E-state index is 0.568. The van der Waals surface area contributed by atoms with E-state index in [1.807, 2.05) is 12.3 Å². The van der Waals surface area contributed by atoms with Crippen LogP contribution in [0.15, 0.2) is 18.5 Å². The van der Waals surface area contributed by atoms with E-state index < -0.39 is 0 Å². The number of carbonyl (C=O) groups excluding carboxylic acids is 1. The molecule has 1 fully saturated rings. The second-order valence-corrected chi connectivity index (χ2v) is 3.78. The van der Waals surface area contributed by atoms with Gasteiger partial charge in [-0.1, -0.05) is 0 Å². The van der Waals surface area contributed by atoms with Crippen molar-refractivity contribution in [1.29, 1.82) is 0 Å². The topological polar surface area (TPSA) is 33.2 Å². The van der Waals surface area contributed by atoms with Gasteiger partial charge in [0.25, 0.3) is 0 Å². The van der Waals surface area contributed by atoms with Gasteiger partial charge in [-0.3, -0.25) is 9.78 Å². The Morgan fingerprint density at radius 1 is 1.57 bits per heavy atom. The molecular weight excluding hydrogens is 176 g/mol. The summed E-state index contributed by atoms with van der Waals surface area (Å²) in [5.74, 6) is 0. The minimum Gasteiger partial charge on any atom is -0.368 e. The van der Waals surface area contributed by atoms with Crippen molar-refractivity contribution in [2.24, 2.45) is 0 Å². The predicted molar refractivity (Wildman–Crippen MR) is 55.7 cm³/mol. The molecule has 0 N–H and O–H groups in total. The summed E-state index contributed by atoms with van der Waals surface area (Å²) in [7, 11) is 0. The third-order valence-corrected chi connectivity index (χ3v) is 2.77. The van der Waals surface area contributed by atoms with Crippen LogP contribution in [-0.4, -0.2) is 23.9 Å². The van der Waals surface area contributed by atoms with Crippen LogP contribution in [0.25, 0.3) is 0 Å². The third-order valence-electron chi connectivity index (χ3n) is 2.77. The number of pyridine rings is 1. The zero-order valence-electron chi connectivity index (χ0n) is 8.31. The van der Waals surface area contributed by atoms with Crippen molar-refractivity contribution in [3.05, 3.63) is 24.0 Å². The summed E-state index contributed by atoms with van der Waals surface area (Å²) in [6.45, 7) is 3.28. The minimum atomic E-state index is 0.568. The summed E-state index contributed by atoms with van der Waals surface area (Å²) in [6, 6.07) is 2.47. The molecule has 1 aliphatic heterocycles. The maximum absolute atomic E-state index is 10.6.